The lowest BCUT2D eigenvalue weighted by atomic mass is 10.0. The van der Waals surface area contributed by atoms with Crippen molar-refractivity contribution in [2.45, 2.75) is 200 Å². The first-order valence-electron chi connectivity index (χ1n) is 46.3. The van der Waals surface area contributed by atoms with E-state index < -0.39 is 38.2 Å². The number of methoxy groups -OCH3 is 4. The molecule has 10 aromatic rings. The second kappa shape index (κ2) is 50.3. The lowest BCUT2D eigenvalue weighted by Crippen LogP contribution is -2.47. The highest BCUT2D eigenvalue weighted by Gasteiger charge is 2.40. The summed E-state index contributed by atoms with van der Waals surface area (Å²) in [4.78, 5) is 128. The Hall–Kier alpha value is -12.8. The number of benzene rings is 10. The van der Waals surface area contributed by atoms with Gasteiger partial charge >= 0.3 is 35.8 Å². The number of anilines is 8. The van der Waals surface area contributed by atoms with Gasteiger partial charge in [0.1, 0.15) is 0 Å². The number of nitrogen functional groups attached to an aromatic ring is 1. The van der Waals surface area contributed by atoms with Crippen molar-refractivity contribution in [1.82, 2.24) is 0 Å². The van der Waals surface area contributed by atoms with Gasteiger partial charge in [-0.15, -0.1) is 0 Å². The van der Waals surface area contributed by atoms with Crippen LogP contribution in [0.5, 0.6) is 0 Å². The fourth-order valence-electron chi connectivity index (χ4n) is 16.2. The fourth-order valence-corrected chi connectivity index (χ4v) is 18.3. The number of hydrogen-bond acceptors (Lipinski definition) is 21. The maximum atomic E-state index is 13.4. The number of ether oxygens (including phenoxy) is 4. The molecule has 140 heavy (non-hydrogen) atoms. The second-order valence-electron chi connectivity index (χ2n) is 37.0. The van der Waals surface area contributed by atoms with Crippen molar-refractivity contribution in [3.63, 3.8) is 0 Å². The first-order valence-corrected chi connectivity index (χ1v) is 50.8. The molecule has 0 atom stereocenters. The Balaban J connectivity index is 0.000000213. The van der Waals surface area contributed by atoms with E-state index in [2.05, 4.69) is 112 Å². The molecule has 3 fully saturated rings. The standard InChI is InChI=1S/C29H42N2O4Si.C23H28N2O4.C22H26N2O4.C18H18BrNO3.C10H13NO2.C8H7BrO2/c1-19-10-12-22(31-16-14-23(15-17-31)35-36(8,9)29(4,5)6)18-25(19)27(32)30-26-20(2)11-13-24(21(26)3)28(33)34-7;1-14-5-7-17(25-11-9-18(26)10-12-25)13-20(14)22(27)24-21-15(2)6-8-19(16(21)3)23(28)29-4;1-13-4-6-16(24-10-8-17(25)9-11-24)12-19(13)21(26)23-20-14(2)5-7-18(15(20)3)22(27)28;1-10-5-7-13(19)9-15(10)17(21)20-16-11(2)6-8-14(12(16)3)18(22)23-4;1-6-4-5-8(10(12)13-3)7(2)9(6)11;1-5-2-3-6(9)4-7(5)8(10)11/h10-13,18,23H,14-17H2,1-9H3,(H,30,32);5-8,13,18,26H,9-12H2,1-4H3,(H,24,27);4-7,12,17,25H,8-11H2,1-3H3,(H,23,26)(H,27,28);5-9H,1-4H3,(H,20,21);4-5H,11H2,1-3H3;2-4H,1H3,(H,10,11). The molecule has 3 aliphatic heterocycles. The van der Waals surface area contributed by atoms with Crippen LogP contribution in [0.1, 0.15) is 246 Å². The zero-order valence-corrected chi connectivity index (χ0v) is 88.9. The number of aryl methyl sites for hydroxylation is 10. The number of nitrogens with one attached hydrogen (secondary N) is 4. The Kier molecular flexibility index (Phi) is 40.4. The second-order valence-corrected chi connectivity index (χ2v) is 43.6. The first-order chi connectivity index (χ1) is 65.9. The van der Waals surface area contributed by atoms with Gasteiger partial charge in [-0.25, -0.2) is 28.8 Å². The van der Waals surface area contributed by atoms with Gasteiger partial charge < -0.3 is 85.5 Å². The number of hydrogen-bond donors (Lipinski definition) is 9. The van der Waals surface area contributed by atoms with Gasteiger partial charge in [0, 0.05) is 122 Å². The van der Waals surface area contributed by atoms with Gasteiger partial charge in [0.05, 0.1) is 74.0 Å². The number of rotatable bonds is 19. The van der Waals surface area contributed by atoms with E-state index in [0.29, 0.717) is 107 Å². The van der Waals surface area contributed by atoms with Crippen molar-refractivity contribution in [3.8, 4) is 0 Å². The number of esters is 4. The van der Waals surface area contributed by atoms with Crippen molar-refractivity contribution in [3.05, 3.63) is 300 Å². The molecule has 30 heteroatoms. The minimum atomic E-state index is -1.79. The SMILES string of the molecule is COC(=O)c1ccc(C)c(N)c1C.COC(=O)c1ccc(C)c(NC(=O)c2cc(Br)ccc2C)c1C.COC(=O)c1ccc(C)c(NC(=O)c2cc(N3CCC(O)CC3)ccc2C)c1C.COC(=O)c1ccc(C)c(NC(=O)c2cc(N3CCC(O[Si](C)(C)C(C)(C)C)CC3)ccc2C)c1C.Cc1ccc(Br)cc1C(=O)O.Cc1ccc(N2CCC(O)CC2)cc1C(=O)Nc1c(C)ccc(C(=O)O)c1C. The number of aliphatic hydroxyl groups is 2. The summed E-state index contributed by atoms with van der Waals surface area (Å²) in [5.41, 5.74) is 28.8. The highest BCUT2D eigenvalue weighted by atomic mass is 79.9. The quantitative estimate of drug-likeness (QED) is 0.0157. The number of carboxylic acid groups (broad SMARTS) is 2. The molecule has 746 valence electrons. The molecule has 0 aliphatic carbocycles. The van der Waals surface area contributed by atoms with Crippen LogP contribution in [0.3, 0.4) is 0 Å². The van der Waals surface area contributed by atoms with Gasteiger partial charge in [0.2, 0.25) is 0 Å². The molecule has 3 saturated heterocycles. The van der Waals surface area contributed by atoms with Gasteiger partial charge in [-0.3, -0.25) is 19.2 Å². The number of carboxylic acids is 2. The molecule has 0 aromatic heterocycles. The predicted molar refractivity (Wildman–Crippen MR) is 565 cm³/mol. The molecule has 0 unspecified atom stereocenters. The Morgan fingerprint density at radius 1 is 0.329 bits per heavy atom. The van der Waals surface area contributed by atoms with E-state index >= 15 is 0 Å². The van der Waals surface area contributed by atoms with Crippen LogP contribution in [0, 0.1) is 104 Å². The van der Waals surface area contributed by atoms with Gasteiger partial charge in [0.15, 0.2) is 8.32 Å². The maximum absolute atomic E-state index is 13.4. The Bertz CT molecular complexity index is 6260. The van der Waals surface area contributed by atoms with Crippen LogP contribution in [0.15, 0.2) is 161 Å². The van der Waals surface area contributed by atoms with Crippen molar-refractivity contribution in [2.75, 3.05) is 109 Å². The van der Waals surface area contributed by atoms with Crippen molar-refractivity contribution in [2.24, 2.45) is 0 Å². The molecule has 0 bridgehead atoms. The molecule has 13 rings (SSSR count). The summed E-state index contributed by atoms with van der Waals surface area (Å²) < 4.78 is 27.4. The number of aromatic carboxylic acids is 2. The summed E-state index contributed by atoms with van der Waals surface area (Å²) >= 11 is 6.58. The Morgan fingerprint density at radius 2 is 0.564 bits per heavy atom. The highest BCUT2D eigenvalue weighted by molar-refractivity contribution is 9.10. The number of piperidine rings is 3. The van der Waals surface area contributed by atoms with Crippen LogP contribution >= 0.6 is 31.9 Å². The number of halogens is 2. The molecular weight excluding hydrogens is 1930 g/mol. The third-order valence-electron chi connectivity index (χ3n) is 26.2. The lowest BCUT2D eigenvalue weighted by Gasteiger charge is -2.42. The predicted octanol–water partition coefficient (Wildman–Crippen LogP) is 22.3. The van der Waals surface area contributed by atoms with Crippen LogP contribution in [0.2, 0.25) is 18.1 Å². The van der Waals surface area contributed by atoms with E-state index in [-0.39, 0.29) is 52.4 Å². The van der Waals surface area contributed by atoms with Crippen LogP contribution in [-0.4, -0.2) is 174 Å². The smallest absolute Gasteiger partial charge is 0.338 e. The largest absolute Gasteiger partial charge is 0.478 e. The zero-order chi connectivity index (χ0) is 104. The van der Waals surface area contributed by atoms with Crippen LogP contribution in [-0.2, 0) is 23.4 Å². The molecule has 10 aromatic carbocycles. The summed E-state index contributed by atoms with van der Waals surface area (Å²) in [6.07, 6.45) is 4.67. The number of aliphatic hydroxyl groups excluding tert-OH is 2. The van der Waals surface area contributed by atoms with Crippen molar-refractivity contribution >= 4 is 145 Å². The number of amides is 4. The maximum Gasteiger partial charge on any atom is 0.338 e. The minimum Gasteiger partial charge on any atom is -0.478 e. The van der Waals surface area contributed by atoms with Crippen LogP contribution in [0.4, 0.5) is 45.5 Å². The van der Waals surface area contributed by atoms with E-state index in [1.165, 1.54) is 28.4 Å². The summed E-state index contributed by atoms with van der Waals surface area (Å²) in [6, 6.07) is 45.8. The fraction of sp³-hybridized carbons (Fsp3) is 0.364. The summed E-state index contributed by atoms with van der Waals surface area (Å²) in [5, 5.41) is 49.5. The molecule has 0 radical (unpaired) electrons. The van der Waals surface area contributed by atoms with Gasteiger partial charge in [-0.2, -0.15) is 0 Å². The van der Waals surface area contributed by atoms with E-state index in [1.54, 1.807) is 94.4 Å². The number of carbonyl (C=O) groups excluding carboxylic acids is 8. The third kappa shape index (κ3) is 29.2. The molecule has 0 saturated carbocycles. The monoisotopic (exact) mass is 2060 g/mol. The minimum absolute atomic E-state index is 0.179. The molecule has 3 heterocycles. The molecular formula is C110H134Br2N8O19Si. The zero-order valence-electron chi connectivity index (χ0n) is 84.7. The molecule has 27 nitrogen and oxygen atoms in total. The topological polar surface area (TPSA) is 382 Å². The van der Waals surface area contributed by atoms with Crippen LogP contribution in [0.25, 0.3) is 0 Å². The summed E-state index contributed by atoms with van der Waals surface area (Å²) in [5.74, 6) is -4.37. The third-order valence-corrected chi connectivity index (χ3v) is 31.8. The van der Waals surface area contributed by atoms with Crippen molar-refractivity contribution < 1.29 is 91.7 Å². The average molecular weight is 2060 g/mol. The van der Waals surface area contributed by atoms with E-state index in [0.717, 1.165) is 165 Å². The number of nitrogens with zero attached hydrogens (tertiary/aromatic N) is 3. The normalized spacial score (nSPS) is 13.2. The average Bonchev–Trinajstić information content (AvgIpc) is 0.871. The molecule has 4 amide bonds. The Morgan fingerprint density at radius 3 is 0.843 bits per heavy atom. The summed E-state index contributed by atoms with van der Waals surface area (Å²) in [7, 11) is 3.61. The van der Waals surface area contributed by atoms with Crippen molar-refractivity contribution in [1.29, 1.82) is 0 Å². The summed E-state index contributed by atoms with van der Waals surface area (Å²) in [6.45, 7) is 44.1. The van der Waals surface area contributed by atoms with Crippen LogP contribution < -0.4 is 41.7 Å². The molecule has 10 N–H and O–H groups in total. The van der Waals surface area contributed by atoms with Gasteiger partial charge in [-0.1, -0.05) is 113 Å². The van der Waals surface area contributed by atoms with E-state index in [1.807, 2.05) is 155 Å². The van der Waals surface area contributed by atoms with Gasteiger partial charge in [0.25, 0.3) is 23.6 Å². The molecule has 0 spiro atoms. The number of carbonyl (C=O) groups is 10. The first kappa shape index (κ1) is 112. The highest BCUT2D eigenvalue weighted by Crippen LogP contribution is 2.40. The Labute approximate surface area is 840 Å². The lowest BCUT2D eigenvalue weighted by molar-refractivity contribution is 0.0591. The molecule has 3 aliphatic rings. The van der Waals surface area contributed by atoms with Gasteiger partial charge in [-0.05, 0) is 335 Å². The van der Waals surface area contributed by atoms with E-state index in [9.17, 15) is 63.3 Å². The number of nitrogens with two attached hydrogens (primary N) is 1. The van der Waals surface area contributed by atoms with E-state index in [4.69, 9.17) is 29.5 Å².